The Morgan fingerprint density at radius 1 is 0.298 bits per heavy atom. The van der Waals surface area contributed by atoms with Gasteiger partial charge in [-0.1, -0.05) is 343 Å². The van der Waals surface area contributed by atoms with E-state index in [0.29, 0.717) is 25.7 Å². The molecular formula is C75H146O17P2. The van der Waals surface area contributed by atoms with Crippen molar-refractivity contribution < 1.29 is 80.2 Å². The first kappa shape index (κ1) is 92.1. The third-order valence-corrected chi connectivity index (χ3v) is 19.8. The molecule has 0 bridgehead atoms. The largest absolute Gasteiger partial charge is 0.472 e. The van der Waals surface area contributed by atoms with Gasteiger partial charge in [-0.3, -0.25) is 37.3 Å². The third kappa shape index (κ3) is 67.3. The summed E-state index contributed by atoms with van der Waals surface area (Å²) in [6.07, 6.45) is 56.7. The molecule has 6 atom stereocenters. The van der Waals surface area contributed by atoms with Crippen LogP contribution in [0.3, 0.4) is 0 Å². The molecule has 94 heavy (non-hydrogen) atoms. The first-order valence-corrected chi connectivity index (χ1v) is 42.2. The predicted molar refractivity (Wildman–Crippen MR) is 382 cm³/mol. The maximum atomic E-state index is 13.1. The fourth-order valence-electron chi connectivity index (χ4n) is 11.5. The van der Waals surface area contributed by atoms with Gasteiger partial charge in [0.2, 0.25) is 0 Å². The second-order valence-electron chi connectivity index (χ2n) is 27.3. The van der Waals surface area contributed by atoms with E-state index in [1.807, 2.05) is 0 Å². The Hall–Kier alpha value is -1.94. The minimum atomic E-state index is -4.96. The van der Waals surface area contributed by atoms with Crippen LogP contribution in [-0.4, -0.2) is 96.7 Å². The molecular weight excluding hydrogens is 1230 g/mol. The number of hydrogen-bond donors (Lipinski definition) is 3. The number of carbonyl (C=O) groups excluding carboxylic acids is 4. The van der Waals surface area contributed by atoms with E-state index in [9.17, 15) is 43.2 Å². The number of hydrogen-bond acceptors (Lipinski definition) is 15. The Morgan fingerprint density at radius 2 is 0.511 bits per heavy atom. The average Bonchev–Trinajstić information content (AvgIpc) is 3.29. The molecule has 558 valence electrons. The second-order valence-corrected chi connectivity index (χ2v) is 30.2. The van der Waals surface area contributed by atoms with Crippen molar-refractivity contribution in [3.8, 4) is 0 Å². The summed E-state index contributed by atoms with van der Waals surface area (Å²) in [6.45, 7) is 7.29. The molecule has 0 heterocycles. The van der Waals surface area contributed by atoms with E-state index in [0.717, 1.165) is 95.8 Å². The highest BCUT2D eigenvalue weighted by Gasteiger charge is 2.30. The maximum Gasteiger partial charge on any atom is 0.472 e. The Kier molecular flexibility index (Phi) is 66.8. The fourth-order valence-corrected chi connectivity index (χ4v) is 13.1. The predicted octanol–water partition coefficient (Wildman–Crippen LogP) is 22.1. The Labute approximate surface area is 575 Å². The standard InChI is InChI=1S/C75H146O17P2/c1-6-10-13-16-19-22-25-28-29-30-31-32-33-36-39-46-51-56-61-75(80)92-71(65-86-73(78)59-54-49-44-41-40-42-47-52-57-68(5)9-4)67-90-94(83,84)88-63-69(76)62-87-93(81,82)89-66-70(91-74(79)60-55-50-45-38-35-27-24-21-18-15-12-8-3)64-85-72(77)58-53-48-43-37-34-26-23-20-17-14-11-7-2/h68-71,76H,6-67H2,1-5H3,(H,81,82)(H,83,84)/t68?,69-,70+,71+/m0/s1. The van der Waals surface area contributed by atoms with Gasteiger partial charge in [0.25, 0.3) is 0 Å². The van der Waals surface area contributed by atoms with Crippen molar-refractivity contribution >= 4 is 39.5 Å². The normalized spacial score (nSPS) is 14.3. The number of ether oxygens (including phenoxy) is 4. The molecule has 0 saturated carbocycles. The lowest BCUT2D eigenvalue weighted by Crippen LogP contribution is -2.30. The van der Waals surface area contributed by atoms with Crippen molar-refractivity contribution in [3.05, 3.63) is 0 Å². The summed E-state index contributed by atoms with van der Waals surface area (Å²) in [6, 6.07) is 0. The van der Waals surface area contributed by atoms with Crippen LogP contribution in [0.2, 0.25) is 0 Å². The van der Waals surface area contributed by atoms with Crippen LogP contribution < -0.4 is 0 Å². The SMILES string of the molecule is CCCCCCCCCCCCCCCCCCCCC(=O)O[C@H](COC(=O)CCCCCCCCCCC(C)CC)COP(=O)(O)OC[C@@H](O)COP(=O)(O)OC[C@@H](COC(=O)CCCCCCCCCCCCCC)OC(=O)CCCCCCCCCCCCCC. The van der Waals surface area contributed by atoms with Gasteiger partial charge in [0.15, 0.2) is 12.2 Å². The zero-order valence-electron chi connectivity index (χ0n) is 61.1. The van der Waals surface area contributed by atoms with Crippen LogP contribution in [0.4, 0.5) is 0 Å². The van der Waals surface area contributed by atoms with E-state index >= 15 is 0 Å². The number of aliphatic hydroxyl groups excluding tert-OH is 1. The monoisotopic (exact) mass is 1380 g/mol. The lowest BCUT2D eigenvalue weighted by molar-refractivity contribution is -0.161. The Balaban J connectivity index is 5.24. The molecule has 0 rings (SSSR count). The van der Waals surface area contributed by atoms with Crippen LogP contribution in [0.5, 0.6) is 0 Å². The summed E-state index contributed by atoms with van der Waals surface area (Å²) in [7, 11) is -9.91. The molecule has 17 nitrogen and oxygen atoms in total. The number of rotatable bonds is 75. The van der Waals surface area contributed by atoms with Crippen molar-refractivity contribution in [1.29, 1.82) is 0 Å². The second kappa shape index (κ2) is 68.2. The fraction of sp³-hybridized carbons (Fsp3) is 0.947. The zero-order chi connectivity index (χ0) is 69.1. The molecule has 0 aromatic rings. The number of unbranched alkanes of at least 4 members (excludes halogenated alkanes) is 46. The molecule has 0 aliphatic heterocycles. The minimum Gasteiger partial charge on any atom is -0.462 e. The summed E-state index contributed by atoms with van der Waals surface area (Å²) in [5.74, 6) is -1.34. The lowest BCUT2D eigenvalue weighted by Gasteiger charge is -2.21. The molecule has 0 aromatic heterocycles. The van der Waals surface area contributed by atoms with Gasteiger partial charge < -0.3 is 33.8 Å². The molecule has 0 aliphatic rings. The summed E-state index contributed by atoms with van der Waals surface area (Å²) in [5, 5.41) is 10.6. The van der Waals surface area contributed by atoms with Gasteiger partial charge in [0, 0.05) is 25.7 Å². The molecule has 0 aliphatic carbocycles. The van der Waals surface area contributed by atoms with Crippen LogP contribution >= 0.6 is 15.6 Å². The van der Waals surface area contributed by atoms with Gasteiger partial charge in [-0.2, -0.15) is 0 Å². The number of carbonyl (C=O) groups is 4. The first-order chi connectivity index (χ1) is 45.6. The molecule has 0 radical (unpaired) electrons. The first-order valence-electron chi connectivity index (χ1n) is 39.2. The topological polar surface area (TPSA) is 237 Å². The molecule has 0 spiro atoms. The summed E-state index contributed by atoms with van der Waals surface area (Å²) >= 11 is 0. The van der Waals surface area contributed by atoms with Gasteiger partial charge >= 0.3 is 39.5 Å². The van der Waals surface area contributed by atoms with E-state index in [2.05, 4.69) is 34.6 Å². The highest BCUT2D eigenvalue weighted by Crippen LogP contribution is 2.45. The quantitative estimate of drug-likeness (QED) is 0.0222. The van der Waals surface area contributed by atoms with E-state index in [-0.39, 0.29) is 25.7 Å². The van der Waals surface area contributed by atoms with Crippen molar-refractivity contribution in [1.82, 2.24) is 0 Å². The van der Waals surface area contributed by atoms with E-state index < -0.39 is 97.5 Å². The molecule has 3 unspecified atom stereocenters. The molecule has 19 heteroatoms. The van der Waals surface area contributed by atoms with E-state index in [1.54, 1.807) is 0 Å². The van der Waals surface area contributed by atoms with Crippen molar-refractivity contribution in [2.75, 3.05) is 39.6 Å². The van der Waals surface area contributed by atoms with Crippen LogP contribution in [0.25, 0.3) is 0 Å². The third-order valence-electron chi connectivity index (χ3n) is 17.9. The van der Waals surface area contributed by atoms with Crippen LogP contribution in [0, 0.1) is 5.92 Å². The van der Waals surface area contributed by atoms with Gasteiger partial charge in [-0.05, 0) is 31.6 Å². The number of esters is 4. The van der Waals surface area contributed by atoms with E-state index in [1.165, 1.54) is 218 Å². The zero-order valence-corrected chi connectivity index (χ0v) is 62.9. The summed E-state index contributed by atoms with van der Waals surface area (Å²) in [4.78, 5) is 72.8. The van der Waals surface area contributed by atoms with E-state index in [4.69, 9.17) is 37.0 Å². The average molecular weight is 1380 g/mol. The molecule has 0 saturated heterocycles. The highest BCUT2D eigenvalue weighted by atomic mass is 31.2. The number of phosphoric ester groups is 2. The Bertz CT molecular complexity index is 1810. The van der Waals surface area contributed by atoms with Crippen molar-refractivity contribution in [2.24, 2.45) is 5.92 Å². The highest BCUT2D eigenvalue weighted by molar-refractivity contribution is 7.47. The summed E-state index contributed by atoms with van der Waals surface area (Å²) < 4.78 is 68.5. The van der Waals surface area contributed by atoms with Gasteiger partial charge in [-0.25, -0.2) is 9.13 Å². The van der Waals surface area contributed by atoms with Crippen LogP contribution in [0.1, 0.15) is 394 Å². The minimum absolute atomic E-state index is 0.108. The van der Waals surface area contributed by atoms with Gasteiger partial charge in [0.1, 0.15) is 19.3 Å². The molecule has 0 amide bonds. The maximum absolute atomic E-state index is 13.1. The van der Waals surface area contributed by atoms with Gasteiger partial charge in [0.05, 0.1) is 26.4 Å². The number of aliphatic hydroxyl groups is 1. The lowest BCUT2D eigenvalue weighted by atomic mass is 9.99. The van der Waals surface area contributed by atoms with Crippen molar-refractivity contribution in [3.63, 3.8) is 0 Å². The van der Waals surface area contributed by atoms with Crippen LogP contribution in [-0.2, 0) is 65.4 Å². The summed E-state index contributed by atoms with van der Waals surface area (Å²) in [5.41, 5.74) is 0. The Morgan fingerprint density at radius 3 is 0.755 bits per heavy atom. The molecule has 0 aromatic carbocycles. The molecule has 0 fully saturated rings. The smallest absolute Gasteiger partial charge is 0.462 e. The molecule has 3 N–H and O–H groups in total. The number of phosphoric acid groups is 2. The van der Waals surface area contributed by atoms with Gasteiger partial charge in [-0.15, -0.1) is 0 Å². The van der Waals surface area contributed by atoms with Crippen LogP contribution in [0.15, 0.2) is 0 Å². The van der Waals surface area contributed by atoms with Crippen molar-refractivity contribution in [2.45, 2.75) is 412 Å².